The molecule has 6 heteroatoms. The maximum Gasteiger partial charge on any atom is 0.407 e. The molecule has 24 heavy (non-hydrogen) atoms. The van der Waals surface area contributed by atoms with Crippen LogP contribution >= 0.6 is 0 Å². The van der Waals surface area contributed by atoms with Crippen LogP contribution in [0.1, 0.15) is 36.4 Å². The summed E-state index contributed by atoms with van der Waals surface area (Å²) < 4.78 is 0. The molecule has 1 N–H and O–H groups in total. The number of hydroxylamine groups is 2. The van der Waals surface area contributed by atoms with E-state index in [9.17, 15) is 14.7 Å². The molecule has 2 aliphatic rings. The van der Waals surface area contributed by atoms with E-state index in [0.29, 0.717) is 19.4 Å². The van der Waals surface area contributed by atoms with Crippen LogP contribution in [-0.4, -0.2) is 46.3 Å². The minimum Gasteiger partial charge on any atom is -0.465 e. The monoisotopic (exact) mass is 328 g/mol. The fraction of sp³-hybridized carbons (Fsp3) is 0.444. The molecule has 2 atom stereocenters. The maximum absolute atomic E-state index is 13.0. The van der Waals surface area contributed by atoms with E-state index in [0.717, 1.165) is 18.4 Å². The predicted octanol–water partition coefficient (Wildman–Crippen LogP) is 2.21. The summed E-state index contributed by atoms with van der Waals surface area (Å²) in [5.74, 6) is 2.05. The van der Waals surface area contributed by atoms with Gasteiger partial charge in [0.2, 0.25) is 0 Å². The number of rotatable bonds is 4. The zero-order valence-corrected chi connectivity index (χ0v) is 13.4. The van der Waals surface area contributed by atoms with Gasteiger partial charge in [-0.3, -0.25) is 14.5 Å². The van der Waals surface area contributed by atoms with Gasteiger partial charge in [-0.15, -0.1) is 6.42 Å². The van der Waals surface area contributed by atoms with E-state index >= 15 is 0 Å². The lowest BCUT2D eigenvalue weighted by atomic mass is 10.1. The Morgan fingerprint density at radius 1 is 1.38 bits per heavy atom. The summed E-state index contributed by atoms with van der Waals surface area (Å²) in [6.07, 6.45) is 6.99. The molecule has 0 bridgehead atoms. The van der Waals surface area contributed by atoms with Crippen molar-refractivity contribution in [3.63, 3.8) is 0 Å². The van der Waals surface area contributed by atoms with Gasteiger partial charge in [0, 0.05) is 6.54 Å². The average molecular weight is 328 g/mol. The lowest BCUT2D eigenvalue weighted by molar-refractivity contribution is -0.199. The normalized spacial score (nSPS) is 22.0. The number of carbonyl (C=O) groups is 2. The number of aryl methyl sites for hydroxylation is 1. The van der Waals surface area contributed by atoms with Gasteiger partial charge >= 0.3 is 6.09 Å². The van der Waals surface area contributed by atoms with Crippen LogP contribution in [0.5, 0.6) is 0 Å². The summed E-state index contributed by atoms with van der Waals surface area (Å²) in [6, 6.07) is 7.00. The highest BCUT2D eigenvalue weighted by molar-refractivity contribution is 5.85. The Balaban J connectivity index is 1.86. The van der Waals surface area contributed by atoms with Gasteiger partial charge in [0.15, 0.2) is 0 Å². The zero-order chi connectivity index (χ0) is 17.1. The van der Waals surface area contributed by atoms with Crippen molar-refractivity contribution < 1.29 is 19.5 Å². The summed E-state index contributed by atoms with van der Waals surface area (Å²) in [5.41, 5.74) is 2.23. The van der Waals surface area contributed by atoms with Crippen molar-refractivity contribution in [1.82, 2.24) is 9.96 Å². The first kappa shape index (κ1) is 16.3. The topological polar surface area (TPSA) is 70.1 Å². The van der Waals surface area contributed by atoms with Gasteiger partial charge in [-0.05, 0) is 36.8 Å². The highest BCUT2D eigenvalue weighted by atomic mass is 16.7. The highest BCUT2D eigenvalue weighted by Gasteiger charge is 2.41. The number of carboxylic acid groups (broad SMARTS) is 1. The second-order valence-corrected chi connectivity index (χ2v) is 6.03. The molecule has 1 aromatic carbocycles. The van der Waals surface area contributed by atoms with Crippen molar-refractivity contribution in [3.8, 4) is 12.3 Å². The number of terminal acetylenes is 1. The smallest absolute Gasteiger partial charge is 0.407 e. The lowest BCUT2D eigenvalue weighted by Crippen LogP contribution is -2.48. The third-order valence-corrected chi connectivity index (χ3v) is 4.67. The van der Waals surface area contributed by atoms with Crippen molar-refractivity contribution in [3.05, 3.63) is 35.4 Å². The predicted molar refractivity (Wildman–Crippen MR) is 86.9 cm³/mol. The number of fused-ring (bicyclic) bond motifs is 1. The van der Waals surface area contributed by atoms with Crippen LogP contribution in [0, 0.1) is 12.3 Å². The Kier molecular flexibility index (Phi) is 4.72. The van der Waals surface area contributed by atoms with Crippen LogP contribution in [0.3, 0.4) is 0 Å². The minimum atomic E-state index is -1.07. The summed E-state index contributed by atoms with van der Waals surface area (Å²) in [6.45, 7) is 0.347. The molecule has 1 aliphatic carbocycles. The molecule has 3 rings (SSSR count). The van der Waals surface area contributed by atoms with Gasteiger partial charge in [-0.1, -0.05) is 30.2 Å². The molecule has 1 fully saturated rings. The molecule has 1 aliphatic heterocycles. The zero-order valence-electron chi connectivity index (χ0n) is 13.4. The summed E-state index contributed by atoms with van der Waals surface area (Å²) >= 11 is 0. The number of nitrogens with zero attached hydrogens (tertiary/aromatic N) is 2. The molecule has 0 spiro atoms. The van der Waals surface area contributed by atoms with E-state index < -0.39 is 12.1 Å². The van der Waals surface area contributed by atoms with E-state index in [1.54, 1.807) is 0 Å². The number of likely N-dealkylation sites (tertiary alicyclic amines) is 1. The van der Waals surface area contributed by atoms with Crippen molar-refractivity contribution in [2.45, 2.75) is 37.8 Å². The van der Waals surface area contributed by atoms with Crippen molar-refractivity contribution in [1.29, 1.82) is 0 Å². The standard InChI is InChI=1S/C18H20N2O4/c1-2-12-24-20(15-10-9-13-6-3-4-7-14(13)15)17(21)16-8-5-11-19(16)18(22)23/h1,3-4,6-7,15-16H,5,8-12H2,(H,22,23). The van der Waals surface area contributed by atoms with E-state index in [-0.39, 0.29) is 18.6 Å². The molecular formula is C18H20N2O4. The fourth-order valence-corrected chi connectivity index (χ4v) is 3.59. The van der Waals surface area contributed by atoms with Gasteiger partial charge in [0.1, 0.15) is 12.6 Å². The van der Waals surface area contributed by atoms with Gasteiger partial charge in [-0.2, -0.15) is 0 Å². The molecule has 2 amide bonds. The number of benzene rings is 1. The maximum atomic E-state index is 13.0. The Morgan fingerprint density at radius 2 is 2.17 bits per heavy atom. The van der Waals surface area contributed by atoms with E-state index in [2.05, 4.69) is 5.92 Å². The summed E-state index contributed by atoms with van der Waals surface area (Å²) in [7, 11) is 0. The quantitative estimate of drug-likeness (QED) is 0.679. The molecule has 6 nitrogen and oxygen atoms in total. The van der Waals surface area contributed by atoms with Crippen LogP contribution in [0.25, 0.3) is 0 Å². The van der Waals surface area contributed by atoms with Gasteiger partial charge in [0.05, 0.1) is 6.04 Å². The van der Waals surface area contributed by atoms with Crippen LogP contribution in [0.15, 0.2) is 24.3 Å². The molecule has 1 saturated heterocycles. The molecule has 2 unspecified atom stereocenters. The van der Waals surface area contributed by atoms with Crippen molar-refractivity contribution in [2.24, 2.45) is 0 Å². The Morgan fingerprint density at radius 3 is 2.92 bits per heavy atom. The van der Waals surface area contributed by atoms with Crippen LogP contribution in [0.4, 0.5) is 4.79 Å². The molecule has 0 aromatic heterocycles. The Bertz CT molecular complexity index is 682. The van der Waals surface area contributed by atoms with Crippen LogP contribution < -0.4 is 0 Å². The summed E-state index contributed by atoms with van der Waals surface area (Å²) in [5, 5.41) is 10.6. The molecule has 126 valence electrons. The largest absolute Gasteiger partial charge is 0.465 e. The van der Waals surface area contributed by atoms with Crippen LogP contribution in [-0.2, 0) is 16.1 Å². The van der Waals surface area contributed by atoms with E-state index in [4.69, 9.17) is 11.3 Å². The third kappa shape index (κ3) is 2.95. The number of carbonyl (C=O) groups excluding carboxylic acids is 1. The lowest BCUT2D eigenvalue weighted by Gasteiger charge is -2.32. The Hall–Kier alpha value is -2.52. The molecule has 1 heterocycles. The van der Waals surface area contributed by atoms with Crippen molar-refractivity contribution >= 4 is 12.0 Å². The first-order valence-corrected chi connectivity index (χ1v) is 8.10. The molecule has 0 saturated carbocycles. The first-order valence-electron chi connectivity index (χ1n) is 8.10. The first-order chi connectivity index (χ1) is 11.6. The van der Waals surface area contributed by atoms with Gasteiger partial charge < -0.3 is 5.11 Å². The molecular weight excluding hydrogens is 308 g/mol. The van der Waals surface area contributed by atoms with Gasteiger partial charge in [0.25, 0.3) is 5.91 Å². The number of hydrogen-bond acceptors (Lipinski definition) is 3. The minimum absolute atomic E-state index is 0.0236. The summed E-state index contributed by atoms with van der Waals surface area (Å²) in [4.78, 5) is 31.1. The van der Waals surface area contributed by atoms with E-state index in [1.807, 2.05) is 24.3 Å². The second-order valence-electron chi connectivity index (χ2n) is 6.03. The number of amides is 2. The van der Waals surface area contributed by atoms with Gasteiger partial charge in [-0.25, -0.2) is 9.86 Å². The Labute approximate surface area is 141 Å². The molecule has 1 aromatic rings. The van der Waals surface area contributed by atoms with Crippen molar-refractivity contribution in [2.75, 3.05) is 13.2 Å². The second kappa shape index (κ2) is 6.93. The SMILES string of the molecule is C#CCON(C(=O)C1CCCN1C(=O)O)C1CCc2ccccc21. The highest BCUT2D eigenvalue weighted by Crippen LogP contribution is 2.37. The van der Waals surface area contributed by atoms with E-state index in [1.165, 1.54) is 15.5 Å². The van der Waals surface area contributed by atoms with Crippen LogP contribution in [0.2, 0.25) is 0 Å². The average Bonchev–Trinajstić information content (AvgIpc) is 3.22. The molecule has 0 radical (unpaired) electrons. The third-order valence-electron chi connectivity index (χ3n) is 4.67. The fourth-order valence-electron chi connectivity index (χ4n) is 3.59. The number of hydrogen-bond donors (Lipinski definition) is 1.